The molecule has 0 N–H and O–H groups in total. The van der Waals surface area contributed by atoms with Gasteiger partial charge in [0.25, 0.3) is 0 Å². The van der Waals surface area contributed by atoms with Crippen LogP contribution in [0.15, 0.2) is 78.9 Å². The lowest BCUT2D eigenvalue weighted by Crippen LogP contribution is -2.24. The maximum Gasteiger partial charge on any atom is 0.123 e. The lowest BCUT2D eigenvalue weighted by Gasteiger charge is -2.23. The standard InChI is InChI=1S/C23H23ClFN/c24-22-10-4-8-21(16-22)18-26(17-20-11-13-23(25)14-12-20)15-5-9-19-6-2-1-3-7-19/h1-4,6-8,10-14,16H,5,9,15,17-18H2. The summed E-state index contributed by atoms with van der Waals surface area (Å²) in [7, 11) is 0. The van der Waals surface area contributed by atoms with Crippen molar-refractivity contribution >= 4 is 11.6 Å². The first-order valence-corrected chi connectivity index (χ1v) is 9.32. The highest BCUT2D eigenvalue weighted by Crippen LogP contribution is 2.16. The van der Waals surface area contributed by atoms with Crippen LogP contribution in [-0.4, -0.2) is 11.4 Å². The summed E-state index contributed by atoms with van der Waals surface area (Å²) in [5.41, 5.74) is 3.67. The highest BCUT2D eigenvalue weighted by molar-refractivity contribution is 6.30. The minimum absolute atomic E-state index is 0.195. The minimum Gasteiger partial charge on any atom is -0.295 e. The predicted octanol–water partition coefficient (Wildman–Crippen LogP) is 6.11. The van der Waals surface area contributed by atoms with Gasteiger partial charge in [-0.3, -0.25) is 4.90 Å². The Morgan fingerprint density at radius 3 is 2.15 bits per heavy atom. The molecule has 0 aliphatic carbocycles. The summed E-state index contributed by atoms with van der Waals surface area (Å²) in [5, 5.41) is 0.758. The molecule has 0 spiro atoms. The van der Waals surface area contributed by atoms with Gasteiger partial charge in [0.15, 0.2) is 0 Å². The van der Waals surface area contributed by atoms with Gasteiger partial charge in [-0.15, -0.1) is 0 Å². The second kappa shape index (κ2) is 9.51. The van der Waals surface area contributed by atoms with E-state index in [1.54, 1.807) is 0 Å². The lowest BCUT2D eigenvalue weighted by molar-refractivity contribution is 0.253. The third-order valence-corrected chi connectivity index (χ3v) is 4.63. The van der Waals surface area contributed by atoms with Crippen LogP contribution in [0.25, 0.3) is 0 Å². The molecule has 0 saturated carbocycles. The van der Waals surface area contributed by atoms with Crippen LogP contribution in [0.4, 0.5) is 4.39 Å². The molecule has 0 radical (unpaired) electrons. The van der Waals surface area contributed by atoms with Crippen LogP contribution < -0.4 is 0 Å². The number of benzene rings is 3. The largest absolute Gasteiger partial charge is 0.295 e. The van der Waals surface area contributed by atoms with Gasteiger partial charge in [-0.25, -0.2) is 4.39 Å². The zero-order chi connectivity index (χ0) is 18.2. The van der Waals surface area contributed by atoms with Gasteiger partial charge in [-0.05, 0) is 60.3 Å². The molecule has 0 unspecified atom stereocenters. The van der Waals surface area contributed by atoms with Crippen molar-refractivity contribution in [2.24, 2.45) is 0 Å². The molecular formula is C23H23ClFN. The Labute approximate surface area is 160 Å². The third kappa shape index (κ3) is 5.98. The second-order valence-electron chi connectivity index (χ2n) is 6.56. The van der Waals surface area contributed by atoms with Crippen LogP contribution in [0.2, 0.25) is 5.02 Å². The number of rotatable bonds is 8. The van der Waals surface area contributed by atoms with E-state index in [0.717, 1.165) is 43.1 Å². The van der Waals surface area contributed by atoms with E-state index in [0.29, 0.717) is 0 Å². The molecule has 0 aromatic heterocycles. The lowest BCUT2D eigenvalue weighted by atomic mass is 10.1. The van der Waals surface area contributed by atoms with Crippen molar-refractivity contribution in [2.45, 2.75) is 25.9 Å². The molecule has 0 amide bonds. The van der Waals surface area contributed by atoms with Gasteiger partial charge in [0.1, 0.15) is 5.82 Å². The molecule has 0 aliphatic rings. The topological polar surface area (TPSA) is 3.24 Å². The molecule has 0 atom stereocenters. The average molecular weight is 368 g/mol. The van der Waals surface area contributed by atoms with Crippen LogP contribution >= 0.6 is 11.6 Å². The van der Waals surface area contributed by atoms with Crippen LogP contribution in [0.1, 0.15) is 23.1 Å². The fraction of sp³-hybridized carbons (Fsp3) is 0.217. The molecular weight excluding hydrogens is 345 g/mol. The van der Waals surface area contributed by atoms with Crippen molar-refractivity contribution in [3.05, 3.63) is 106 Å². The molecule has 3 heteroatoms. The van der Waals surface area contributed by atoms with Crippen LogP contribution in [0, 0.1) is 5.82 Å². The Bertz CT molecular complexity index is 802. The Hall–Kier alpha value is -2.16. The maximum absolute atomic E-state index is 13.2. The van der Waals surface area contributed by atoms with E-state index in [4.69, 9.17) is 11.6 Å². The highest BCUT2D eigenvalue weighted by atomic mass is 35.5. The molecule has 1 nitrogen and oxygen atoms in total. The Kier molecular flexibility index (Phi) is 6.82. The molecule has 3 aromatic carbocycles. The predicted molar refractivity (Wildman–Crippen MR) is 107 cm³/mol. The van der Waals surface area contributed by atoms with Crippen molar-refractivity contribution in [1.82, 2.24) is 4.90 Å². The van der Waals surface area contributed by atoms with E-state index in [2.05, 4.69) is 35.2 Å². The van der Waals surface area contributed by atoms with E-state index in [1.807, 2.05) is 36.4 Å². The van der Waals surface area contributed by atoms with Crippen molar-refractivity contribution in [1.29, 1.82) is 0 Å². The monoisotopic (exact) mass is 367 g/mol. The molecule has 0 saturated heterocycles. The minimum atomic E-state index is -0.195. The first kappa shape index (κ1) is 18.6. The maximum atomic E-state index is 13.2. The van der Waals surface area contributed by atoms with Crippen molar-refractivity contribution in [2.75, 3.05) is 6.54 Å². The fourth-order valence-corrected chi connectivity index (χ4v) is 3.32. The second-order valence-corrected chi connectivity index (χ2v) is 6.99. The molecule has 3 rings (SSSR count). The third-order valence-electron chi connectivity index (χ3n) is 4.40. The molecule has 0 bridgehead atoms. The summed E-state index contributed by atoms with van der Waals surface area (Å²) >= 11 is 6.13. The molecule has 0 heterocycles. The van der Waals surface area contributed by atoms with E-state index in [-0.39, 0.29) is 5.82 Å². The van der Waals surface area contributed by atoms with Crippen LogP contribution in [-0.2, 0) is 19.5 Å². The number of hydrogen-bond acceptors (Lipinski definition) is 1. The van der Waals surface area contributed by atoms with Crippen LogP contribution in [0.3, 0.4) is 0 Å². The number of halogens is 2. The Morgan fingerprint density at radius 1 is 0.731 bits per heavy atom. The zero-order valence-electron chi connectivity index (χ0n) is 14.7. The van der Waals surface area contributed by atoms with Crippen LogP contribution in [0.5, 0.6) is 0 Å². The first-order valence-electron chi connectivity index (χ1n) is 8.94. The Balaban J connectivity index is 1.64. The van der Waals surface area contributed by atoms with Gasteiger partial charge in [0, 0.05) is 18.1 Å². The van der Waals surface area contributed by atoms with Crippen molar-refractivity contribution in [3.63, 3.8) is 0 Å². The summed E-state index contributed by atoms with van der Waals surface area (Å²) in [6.07, 6.45) is 2.13. The summed E-state index contributed by atoms with van der Waals surface area (Å²) in [6.45, 7) is 2.59. The normalized spacial score (nSPS) is 11.0. The van der Waals surface area contributed by atoms with E-state index in [1.165, 1.54) is 23.3 Å². The highest BCUT2D eigenvalue weighted by Gasteiger charge is 2.08. The summed E-state index contributed by atoms with van der Waals surface area (Å²) in [5.74, 6) is -0.195. The van der Waals surface area contributed by atoms with Gasteiger partial charge >= 0.3 is 0 Å². The molecule has 134 valence electrons. The number of hydrogen-bond donors (Lipinski definition) is 0. The number of nitrogens with zero attached hydrogens (tertiary/aromatic N) is 1. The zero-order valence-corrected chi connectivity index (χ0v) is 15.5. The van der Waals surface area contributed by atoms with Crippen molar-refractivity contribution < 1.29 is 4.39 Å². The van der Waals surface area contributed by atoms with Gasteiger partial charge in [0.2, 0.25) is 0 Å². The van der Waals surface area contributed by atoms with E-state index < -0.39 is 0 Å². The van der Waals surface area contributed by atoms with Gasteiger partial charge in [-0.1, -0.05) is 66.2 Å². The van der Waals surface area contributed by atoms with E-state index >= 15 is 0 Å². The first-order chi connectivity index (χ1) is 12.7. The summed E-state index contributed by atoms with van der Waals surface area (Å²) < 4.78 is 13.2. The summed E-state index contributed by atoms with van der Waals surface area (Å²) in [4.78, 5) is 2.39. The smallest absolute Gasteiger partial charge is 0.123 e. The fourth-order valence-electron chi connectivity index (χ4n) is 3.11. The van der Waals surface area contributed by atoms with Gasteiger partial charge in [-0.2, -0.15) is 0 Å². The SMILES string of the molecule is Fc1ccc(CN(CCCc2ccccc2)Cc2cccc(Cl)c2)cc1. The molecule has 0 aliphatic heterocycles. The summed E-state index contributed by atoms with van der Waals surface area (Å²) in [6, 6.07) is 25.3. The Morgan fingerprint density at radius 2 is 1.42 bits per heavy atom. The van der Waals surface area contributed by atoms with Gasteiger partial charge < -0.3 is 0 Å². The average Bonchev–Trinajstić information content (AvgIpc) is 2.64. The van der Waals surface area contributed by atoms with E-state index in [9.17, 15) is 4.39 Å². The number of aryl methyl sites for hydroxylation is 1. The van der Waals surface area contributed by atoms with Crippen molar-refractivity contribution in [3.8, 4) is 0 Å². The molecule has 3 aromatic rings. The molecule has 0 fully saturated rings. The van der Waals surface area contributed by atoms with Gasteiger partial charge in [0.05, 0.1) is 0 Å². The quantitative estimate of drug-likeness (QED) is 0.464. The molecule has 26 heavy (non-hydrogen) atoms.